The average molecular weight is 523 g/mol. The normalized spacial score (nSPS) is 17.1. The summed E-state index contributed by atoms with van der Waals surface area (Å²) in [5, 5.41) is 4.33. The Hall–Kier alpha value is -2.37. The first-order chi connectivity index (χ1) is 17.5. The second kappa shape index (κ2) is 11.8. The van der Waals surface area contributed by atoms with Gasteiger partial charge in [-0.1, -0.05) is 77.8 Å². The standard InChI is InChI=1S/C30H33Cl2N3O/c31-28-10-9-24(17-29(28)32)20-34-14-12-26(13-15-34)30(36)33-18-22-5-7-23(8-6-22)19-35-16-11-25-3-1-2-4-27(25)21-35/h1-10,17,26H,11-16,18-21H2,(H,33,36). The molecule has 2 heterocycles. The molecule has 0 bridgehead atoms. The van der Waals surface area contributed by atoms with Gasteiger partial charge in [-0.25, -0.2) is 0 Å². The number of halogens is 2. The van der Waals surface area contributed by atoms with Crippen LogP contribution in [0.4, 0.5) is 0 Å². The lowest BCUT2D eigenvalue weighted by Crippen LogP contribution is -2.40. The predicted molar refractivity (Wildman–Crippen MR) is 147 cm³/mol. The number of hydrogen-bond acceptors (Lipinski definition) is 3. The minimum Gasteiger partial charge on any atom is -0.352 e. The smallest absolute Gasteiger partial charge is 0.223 e. The minimum atomic E-state index is 0.0799. The molecule has 188 valence electrons. The van der Waals surface area contributed by atoms with Crippen molar-refractivity contribution in [1.29, 1.82) is 0 Å². The van der Waals surface area contributed by atoms with E-state index in [2.05, 4.69) is 63.6 Å². The number of fused-ring (bicyclic) bond motifs is 1. The zero-order valence-electron chi connectivity index (χ0n) is 20.6. The van der Waals surface area contributed by atoms with Gasteiger partial charge < -0.3 is 5.32 Å². The fourth-order valence-electron chi connectivity index (χ4n) is 5.29. The Labute approximate surface area is 224 Å². The Morgan fingerprint density at radius 1 is 0.778 bits per heavy atom. The molecule has 0 spiro atoms. The molecule has 0 aromatic heterocycles. The maximum atomic E-state index is 12.8. The Morgan fingerprint density at radius 2 is 1.44 bits per heavy atom. The van der Waals surface area contributed by atoms with Gasteiger partial charge in [-0.3, -0.25) is 14.6 Å². The SMILES string of the molecule is O=C(NCc1ccc(CN2CCc3ccccc3C2)cc1)C1CCN(Cc2ccc(Cl)c(Cl)c2)CC1. The molecule has 0 unspecified atom stereocenters. The van der Waals surface area contributed by atoms with Crippen molar-refractivity contribution in [2.45, 2.75) is 45.4 Å². The van der Waals surface area contributed by atoms with E-state index < -0.39 is 0 Å². The third kappa shape index (κ3) is 6.49. The lowest BCUT2D eigenvalue weighted by Gasteiger charge is -2.31. The summed E-state index contributed by atoms with van der Waals surface area (Å²) in [6.45, 7) is 6.31. The van der Waals surface area contributed by atoms with Crippen molar-refractivity contribution in [2.24, 2.45) is 5.92 Å². The molecule has 2 aliphatic rings. The highest BCUT2D eigenvalue weighted by Gasteiger charge is 2.25. The van der Waals surface area contributed by atoms with Crippen molar-refractivity contribution in [3.05, 3.63) is 105 Å². The summed E-state index contributed by atoms with van der Waals surface area (Å²) >= 11 is 12.2. The second-order valence-corrected chi connectivity index (χ2v) is 10.9. The second-order valence-electron chi connectivity index (χ2n) is 10.1. The van der Waals surface area contributed by atoms with E-state index in [1.165, 1.54) is 16.7 Å². The van der Waals surface area contributed by atoms with Crippen LogP contribution >= 0.6 is 23.2 Å². The summed E-state index contributed by atoms with van der Waals surface area (Å²) in [4.78, 5) is 17.7. The molecule has 2 aliphatic heterocycles. The van der Waals surface area contributed by atoms with Crippen molar-refractivity contribution in [3.63, 3.8) is 0 Å². The molecule has 1 amide bonds. The van der Waals surface area contributed by atoms with Crippen LogP contribution in [0, 0.1) is 5.92 Å². The summed E-state index contributed by atoms with van der Waals surface area (Å²) in [6.07, 6.45) is 2.88. The summed E-state index contributed by atoms with van der Waals surface area (Å²) in [6, 6.07) is 23.2. The molecule has 1 saturated heterocycles. The largest absolute Gasteiger partial charge is 0.352 e. The van der Waals surface area contributed by atoms with Crippen LogP contribution in [0.5, 0.6) is 0 Å². The number of hydrogen-bond donors (Lipinski definition) is 1. The molecule has 1 fully saturated rings. The summed E-state index contributed by atoms with van der Waals surface area (Å²) in [5.74, 6) is 0.247. The fraction of sp³-hybridized carbons (Fsp3) is 0.367. The third-order valence-corrected chi connectivity index (χ3v) is 8.19. The lowest BCUT2D eigenvalue weighted by molar-refractivity contribution is -0.126. The van der Waals surface area contributed by atoms with E-state index in [-0.39, 0.29) is 11.8 Å². The molecule has 0 radical (unpaired) electrons. The summed E-state index contributed by atoms with van der Waals surface area (Å²) < 4.78 is 0. The zero-order chi connectivity index (χ0) is 24.9. The maximum Gasteiger partial charge on any atom is 0.223 e. The third-order valence-electron chi connectivity index (χ3n) is 7.45. The monoisotopic (exact) mass is 521 g/mol. The van der Waals surface area contributed by atoms with Gasteiger partial charge in [0.1, 0.15) is 0 Å². The van der Waals surface area contributed by atoms with E-state index in [9.17, 15) is 4.79 Å². The van der Waals surface area contributed by atoms with E-state index in [0.717, 1.165) is 69.7 Å². The quantitative estimate of drug-likeness (QED) is 0.409. The van der Waals surface area contributed by atoms with Crippen molar-refractivity contribution in [3.8, 4) is 0 Å². The van der Waals surface area contributed by atoms with Gasteiger partial charge in [-0.2, -0.15) is 0 Å². The number of benzene rings is 3. The molecule has 0 atom stereocenters. The van der Waals surface area contributed by atoms with Gasteiger partial charge >= 0.3 is 0 Å². The number of likely N-dealkylation sites (tertiary alicyclic amines) is 1. The van der Waals surface area contributed by atoms with Crippen LogP contribution in [0.2, 0.25) is 10.0 Å². The highest BCUT2D eigenvalue weighted by Crippen LogP contribution is 2.25. The zero-order valence-corrected chi connectivity index (χ0v) is 22.1. The van der Waals surface area contributed by atoms with Gasteiger partial charge in [0.15, 0.2) is 0 Å². The van der Waals surface area contributed by atoms with Crippen LogP contribution in [0.25, 0.3) is 0 Å². The highest BCUT2D eigenvalue weighted by molar-refractivity contribution is 6.42. The van der Waals surface area contributed by atoms with Gasteiger partial charge in [0.05, 0.1) is 10.0 Å². The van der Waals surface area contributed by atoms with E-state index >= 15 is 0 Å². The molecule has 3 aromatic carbocycles. The van der Waals surface area contributed by atoms with Gasteiger partial charge in [-0.15, -0.1) is 0 Å². The Morgan fingerprint density at radius 3 is 2.19 bits per heavy atom. The van der Waals surface area contributed by atoms with Gasteiger partial charge in [0.2, 0.25) is 5.91 Å². The number of carbonyl (C=O) groups excluding carboxylic acids is 1. The van der Waals surface area contributed by atoms with Crippen molar-refractivity contribution < 1.29 is 4.79 Å². The molecule has 0 aliphatic carbocycles. The van der Waals surface area contributed by atoms with E-state index in [4.69, 9.17) is 23.2 Å². The molecule has 6 heteroatoms. The number of amides is 1. The summed E-state index contributed by atoms with van der Waals surface area (Å²) in [7, 11) is 0. The molecular weight excluding hydrogens is 489 g/mol. The number of carbonyl (C=O) groups is 1. The average Bonchev–Trinajstić information content (AvgIpc) is 2.90. The van der Waals surface area contributed by atoms with Crippen LogP contribution in [0.15, 0.2) is 66.7 Å². The minimum absolute atomic E-state index is 0.0799. The van der Waals surface area contributed by atoms with Crippen molar-refractivity contribution >= 4 is 29.1 Å². The molecule has 3 aromatic rings. The Kier molecular flexibility index (Phi) is 8.28. The van der Waals surface area contributed by atoms with Crippen LogP contribution in [-0.2, 0) is 37.4 Å². The highest BCUT2D eigenvalue weighted by atomic mass is 35.5. The van der Waals surface area contributed by atoms with Gasteiger partial charge in [0.25, 0.3) is 0 Å². The maximum absolute atomic E-state index is 12.8. The van der Waals surface area contributed by atoms with Crippen LogP contribution in [-0.4, -0.2) is 35.3 Å². The molecule has 5 rings (SSSR count). The van der Waals surface area contributed by atoms with Crippen molar-refractivity contribution in [1.82, 2.24) is 15.1 Å². The van der Waals surface area contributed by atoms with Crippen LogP contribution in [0.3, 0.4) is 0 Å². The van der Waals surface area contributed by atoms with Crippen LogP contribution < -0.4 is 5.32 Å². The topological polar surface area (TPSA) is 35.6 Å². The number of nitrogens with one attached hydrogen (secondary N) is 1. The van der Waals surface area contributed by atoms with Gasteiger partial charge in [-0.05, 0) is 72.3 Å². The molecule has 0 saturated carbocycles. The van der Waals surface area contributed by atoms with Crippen molar-refractivity contribution in [2.75, 3.05) is 19.6 Å². The van der Waals surface area contributed by atoms with Gasteiger partial charge in [0, 0.05) is 38.6 Å². The van der Waals surface area contributed by atoms with Crippen LogP contribution in [0.1, 0.15) is 40.7 Å². The Bertz CT molecular complexity index is 1190. The lowest BCUT2D eigenvalue weighted by atomic mass is 9.95. The molecule has 4 nitrogen and oxygen atoms in total. The summed E-state index contributed by atoms with van der Waals surface area (Å²) in [5.41, 5.74) is 6.55. The molecule has 36 heavy (non-hydrogen) atoms. The van der Waals surface area contributed by atoms with E-state index in [0.29, 0.717) is 16.6 Å². The predicted octanol–water partition coefficient (Wildman–Crippen LogP) is 6.08. The number of piperidine rings is 1. The Balaban J connectivity index is 1.04. The first-order valence-electron chi connectivity index (χ1n) is 12.8. The number of nitrogens with zero attached hydrogens (tertiary/aromatic N) is 2. The number of rotatable bonds is 7. The first kappa shape index (κ1) is 25.3. The van der Waals surface area contributed by atoms with E-state index in [1.807, 2.05) is 18.2 Å². The molecule has 1 N–H and O–H groups in total. The molecular formula is C30H33Cl2N3O. The first-order valence-corrected chi connectivity index (χ1v) is 13.6. The van der Waals surface area contributed by atoms with E-state index in [1.54, 1.807) is 0 Å². The fourth-order valence-corrected chi connectivity index (χ4v) is 5.61.